The van der Waals surface area contributed by atoms with E-state index in [0.29, 0.717) is 0 Å². The van der Waals surface area contributed by atoms with Crippen molar-refractivity contribution in [2.45, 2.75) is 0 Å². The van der Waals surface area contributed by atoms with E-state index >= 15 is 0 Å². The van der Waals surface area contributed by atoms with Crippen LogP contribution >= 0.6 is 0 Å². The molecule has 0 atom stereocenters. The van der Waals surface area contributed by atoms with Gasteiger partial charge in [0.1, 0.15) is 5.56 Å². The second kappa shape index (κ2) is 6.89. The van der Waals surface area contributed by atoms with Gasteiger partial charge in [-0.1, -0.05) is 24.3 Å². The first kappa shape index (κ1) is 15.8. The lowest BCUT2D eigenvalue weighted by molar-refractivity contribution is -0.385. The number of nitrogens with zero attached hydrogens (tertiary/aromatic N) is 3. The number of hydrogen-bond donors (Lipinski definition) is 1. The zero-order valence-corrected chi connectivity index (χ0v) is 11.6. The van der Waals surface area contributed by atoms with Crippen molar-refractivity contribution in [1.82, 2.24) is 5.43 Å². The zero-order chi connectivity index (χ0) is 16.8. The zero-order valence-electron chi connectivity index (χ0n) is 11.6. The van der Waals surface area contributed by atoms with Crippen LogP contribution in [0.1, 0.15) is 15.9 Å². The number of nitro benzene ring substituents is 2. The lowest BCUT2D eigenvalue weighted by Gasteiger charge is -2.01. The Morgan fingerprint density at radius 1 is 0.957 bits per heavy atom. The highest BCUT2D eigenvalue weighted by atomic mass is 16.6. The molecule has 0 unspecified atom stereocenters. The van der Waals surface area contributed by atoms with Gasteiger partial charge in [-0.2, -0.15) is 5.10 Å². The van der Waals surface area contributed by atoms with Crippen LogP contribution in [0.4, 0.5) is 11.4 Å². The van der Waals surface area contributed by atoms with Crippen molar-refractivity contribution in [3.8, 4) is 0 Å². The van der Waals surface area contributed by atoms with Gasteiger partial charge in [0.25, 0.3) is 17.3 Å². The molecule has 0 bridgehead atoms. The van der Waals surface area contributed by atoms with E-state index in [2.05, 4.69) is 10.5 Å². The number of nitro groups is 2. The van der Waals surface area contributed by atoms with Crippen molar-refractivity contribution in [2.75, 3.05) is 0 Å². The molecule has 1 N–H and O–H groups in total. The van der Waals surface area contributed by atoms with Gasteiger partial charge in [-0.05, 0) is 12.1 Å². The van der Waals surface area contributed by atoms with Crippen molar-refractivity contribution in [3.05, 3.63) is 79.9 Å². The fraction of sp³-hybridized carbons (Fsp3) is 0. The van der Waals surface area contributed by atoms with Crippen molar-refractivity contribution < 1.29 is 14.6 Å². The van der Waals surface area contributed by atoms with Gasteiger partial charge in [-0.3, -0.25) is 25.0 Å². The maximum atomic E-state index is 11.9. The summed E-state index contributed by atoms with van der Waals surface area (Å²) in [7, 11) is 0. The highest BCUT2D eigenvalue weighted by Crippen LogP contribution is 2.17. The fourth-order valence-corrected chi connectivity index (χ4v) is 1.81. The molecule has 2 aromatic carbocycles. The smallest absolute Gasteiger partial charge is 0.267 e. The summed E-state index contributed by atoms with van der Waals surface area (Å²) in [6.45, 7) is 0. The third-order valence-corrected chi connectivity index (χ3v) is 2.85. The number of nitrogens with one attached hydrogen (secondary N) is 1. The van der Waals surface area contributed by atoms with E-state index in [4.69, 9.17) is 0 Å². The Morgan fingerprint density at radius 3 is 2.17 bits per heavy atom. The highest BCUT2D eigenvalue weighted by molar-refractivity contribution is 5.98. The topological polar surface area (TPSA) is 128 Å². The first-order valence-corrected chi connectivity index (χ1v) is 6.31. The van der Waals surface area contributed by atoms with Crippen LogP contribution in [0.15, 0.2) is 53.6 Å². The van der Waals surface area contributed by atoms with Crippen LogP contribution < -0.4 is 5.43 Å². The standard InChI is InChI=1S/C14H10N4O5/c19-14(11-6-2-4-8-13(11)18(22)23)16-15-9-10-5-1-3-7-12(10)17(20)21/h1-9H,(H,16,19)/b15-9-. The van der Waals surface area contributed by atoms with E-state index in [1.807, 2.05) is 0 Å². The molecule has 1 amide bonds. The summed E-state index contributed by atoms with van der Waals surface area (Å²) in [5, 5.41) is 25.3. The number of hydrogen-bond acceptors (Lipinski definition) is 6. The Labute approximate surface area is 129 Å². The van der Waals surface area contributed by atoms with Crippen LogP contribution in [0, 0.1) is 20.2 Å². The van der Waals surface area contributed by atoms with Gasteiger partial charge in [-0.15, -0.1) is 0 Å². The van der Waals surface area contributed by atoms with Crippen LogP contribution in [-0.2, 0) is 0 Å². The van der Waals surface area contributed by atoms with Gasteiger partial charge < -0.3 is 0 Å². The van der Waals surface area contributed by atoms with E-state index in [1.54, 1.807) is 6.07 Å². The average Bonchev–Trinajstić information content (AvgIpc) is 2.55. The molecule has 0 radical (unpaired) electrons. The summed E-state index contributed by atoms with van der Waals surface area (Å²) in [6, 6.07) is 11.2. The van der Waals surface area contributed by atoms with Crippen molar-refractivity contribution >= 4 is 23.5 Å². The largest absolute Gasteiger partial charge is 0.282 e. The molecule has 9 heteroatoms. The number of benzene rings is 2. The van der Waals surface area contributed by atoms with Gasteiger partial charge in [-0.25, -0.2) is 5.43 Å². The summed E-state index contributed by atoms with van der Waals surface area (Å²) in [5.41, 5.74) is 1.63. The lowest BCUT2D eigenvalue weighted by atomic mass is 10.2. The Hall–Kier alpha value is -3.62. The SMILES string of the molecule is O=C(N/N=C\c1ccccc1[N+](=O)[O-])c1ccccc1[N+](=O)[O-]. The predicted octanol–water partition coefficient (Wildman–Crippen LogP) is 2.27. The second-order valence-electron chi connectivity index (χ2n) is 4.29. The summed E-state index contributed by atoms with van der Waals surface area (Å²) in [6.07, 6.45) is 1.10. The molecule has 9 nitrogen and oxygen atoms in total. The van der Waals surface area contributed by atoms with E-state index in [9.17, 15) is 25.0 Å². The molecule has 2 rings (SSSR count). The first-order chi connectivity index (χ1) is 11.0. The molecular formula is C14H10N4O5. The molecule has 0 aliphatic heterocycles. The Balaban J connectivity index is 2.17. The quantitative estimate of drug-likeness (QED) is 0.514. The molecule has 0 spiro atoms. The van der Waals surface area contributed by atoms with Crippen LogP contribution in [0.3, 0.4) is 0 Å². The molecule has 116 valence electrons. The van der Waals surface area contributed by atoms with Gasteiger partial charge in [0.2, 0.25) is 0 Å². The molecule has 0 saturated carbocycles. The van der Waals surface area contributed by atoms with E-state index in [1.165, 1.54) is 42.5 Å². The molecule has 0 aliphatic carbocycles. The predicted molar refractivity (Wildman–Crippen MR) is 81.3 cm³/mol. The highest BCUT2D eigenvalue weighted by Gasteiger charge is 2.18. The molecule has 0 aromatic heterocycles. The van der Waals surface area contributed by atoms with Crippen LogP contribution in [0.25, 0.3) is 0 Å². The monoisotopic (exact) mass is 314 g/mol. The van der Waals surface area contributed by atoms with E-state index < -0.39 is 15.8 Å². The van der Waals surface area contributed by atoms with Crippen molar-refractivity contribution in [3.63, 3.8) is 0 Å². The number of carbonyl (C=O) groups excluding carboxylic acids is 1. The lowest BCUT2D eigenvalue weighted by Crippen LogP contribution is -2.19. The Bertz CT molecular complexity index is 803. The molecule has 0 aliphatic rings. The van der Waals surface area contributed by atoms with Crippen LogP contribution in [0.2, 0.25) is 0 Å². The van der Waals surface area contributed by atoms with Gasteiger partial charge in [0.15, 0.2) is 0 Å². The molecule has 23 heavy (non-hydrogen) atoms. The fourth-order valence-electron chi connectivity index (χ4n) is 1.81. The molecule has 2 aromatic rings. The third-order valence-electron chi connectivity index (χ3n) is 2.85. The van der Waals surface area contributed by atoms with E-state index in [-0.39, 0.29) is 22.5 Å². The number of carbonyl (C=O) groups is 1. The molecule has 0 heterocycles. The maximum Gasteiger partial charge on any atom is 0.282 e. The van der Waals surface area contributed by atoms with Crippen LogP contribution in [-0.4, -0.2) is 22.0 Å². The average molecular weight is 314 g/mol. The molecule has 0 fully saturated rings. The number of amides is 1. The van der Waals surface area contributed by atoms with Crippen LogP contribution in [0.5, 0.6) is 0 Å². The van der Waals surface area contributed by atoms with Crippen molar-refractivity contribution in [1.29, 1.82) is 0 Å². The summed E-state index contributed by atoms with van der Waals surface area (Å²) in [5.74, 6) is -0.785. The minimum absolute atomic E-state index is 0.155. The summed E-state index contributed by atoms with van der Waals surface area (Å²) < 4.78 is 0. The van der Waals surface area contributed by atoms with Gasteiger partial charge in [0.05, 0.1) is 21.6 Å². The maximum absolute atomic E-state index is 11.9. The Morgan fingerprint density at radius 2 is 1.52 bits per heavy atom. The second-order valence-corrected chi connectivity index (χ2v) is 4.29. The first-order valence-electron chi connectivity index (χ1n) is 6.31. The summed E-state index contributed by atoms with van der Waals surface area (Å²) >= 11 is 0. The summed E-state index contributed by atoms with van der Waals surface area (Å²) in [4.78, 5) is 32.4. The molecule has 0 saturated heterocycles. The Kier molecular flexibility index (Phi) is 4.72. The van der Waals surface area contributed by atoms with Gasteiger partial charge in [0, 0.05) is 12.1 Å². The van der Waals surface area contributed by atoms with Crippen molar-refractivity contribution in [2.24, 2.45) is 5.10 Å². The third kappa shape index (κ3) is 3.73. The number of para-hydroxylation sites is 2. The van der Waals surface area contributed by atoms with E-state index in [0.717, 1.165) is 6.21 Å². The molecular weight excluding hydrogens is 304 g/mol. The number of hydrazone groups is 1. The minimum Gasteiger partial charge on any atom is -0.267 e. The minimum atomic E-state index is -0.785. The normalized spacial score (nSPS) is 10.4. The van der Waals surface area contributed by atoms with Gasteiger partial charge >= 0.3 is 0 Å². The number of rotatable bonds is 5.